The van der Waals surface area contributed by atoms with Crippen LogP contribution in [0.4, 0.5) is 18.9 Å². The van der Waals surface area contributed by atoms with E-state index in [4.69, 9.17) is 16.3 Å². The molecule has 0 aliphatic carbocycles. The SMILES string of the molecule is O=C(Nc1ccc(OCC(F)(F)F)cc1)C1Cc2cc(Cl)ccc2O1. The first-order valence-electron chi connectivity index (χ1n) is 7.36. The Bertz CT molecular complexity index is 778. The Hall–Kier alpha value is -2.41. The molecular formula is C17H13ClF3NO3. The van der Waals surface area contributed by atoms with E-state index in [0.29, 0.717) is 22.9 Å². The lowest BCUT2D eigenvalue weighted by molar-refractivity contribution is -0.153. The van der Waals surface area contributed by atoms with Crippen LogP contribution in [0.3, 0.4) is 0 Å². The van der Waals surface area contributed by atoms with Crippen molar-refractivity contribution < 1.29 is 27.4 Å². The Kier molecular flexibility index (Phi) is 4.76. The second kappa shape index (κ2) is 6.84. The molecule has 132 valence electrons. The molecule has 1 unspecified atom stereocenters. The van der Waals surface area contributed by atoms with Crippen LogP contribution in [0.2, 0.25) is 5.02 Å². The Balaban J connectivity index is 1.57. The zero-order valence-corrected chi connectivity index (χ0v) is 13.5. The van der Waals surface area contributed by atoms with Crippen LogP contribution in [-0.4, -0.2) is 24.8 Å². The molecule has 25 heavy (non-hydrogen) atoms. The summed E-state index contributed by atoms with van der Waals surface area (Å²) < 4.78 is 46.5. The molecule has 1 atom stereocenters. The summed E-state index contributed by atoms with van der Waals surface area (Å²) >= 11 is 5.91. The van der Waals surface area contributed by atoms with E-state index in [0.717, 1.165) is 5.56 Å². The number of carbonyl (C=O) groups excluding carboxylic acids is 1. The Morgan fingerprint density at radius 2 is 1.96 bits per heavy atom. The summed E-state index contributed by atoms with van der Waals surface area (Å²) in [6.45, 7) is -1.37. The minimum absolute atomic E-state index is 0.0643. The number of hydrogen-bond acceptors (Lipinski definition) is 3. The predicted octanol–water partition coefficient (Wildman–Crippen LogP) is 4.22. The van der Waals surface area contributed by atoms with Gasteiger partial charge in [0.05, 0.1) is 0 Å². The fraction of sp³-hybridized carbons (Fsp3) is 0.235. The number of nitrogens with one attached hydrogen (secondary N) is 1. The molecule has 1 amide bonds. The third kappa shape index (κ3) is 4.57. The molecule has 4 nitrogen and oxygen atoms in total. The number of rotatable bonds is 4. The monoisotopic (exact) mass is 371 g/mol. The minimum atomic E-state index is -4.40. The van der Waals surface area contributed by atoms with E-state index >= 15 is 0 Å². The van der Waals surface area contributed by atoms with E-state index in [9.17, 15) is 18.0 Å². The molecule has 0 saturated heterocycles. The van der Waals surface area contributed by atoms with Crippen LogP contribution in [0.1, 0.15) is 5.56 Å². The van der Waals surface area contributed by atoms with Gasteiger partial charge >= 0.3 is 6.18 Å². The number of fused-ring (bicyclic) bond motifs is 1. The standard InChI is InChI=1S/C17H13ClF3NO3/c18-11-1-6-14-10(7-11)8-15(25-14)16(23)22-12-2-4-13(5-3-12)24-9-17(19,20)21/h1-7,15H,8-9H2,(H,22,23). The smallest absolute Gasteiger partial charge is 0.422 e. The van der Waals surface area contributed by atoms with Gasteiger partial charge in [-0.2, -0.15) is 13.2 Å². The van der Waals surface area contributed by atoms with Crippen LogP contribution in [0.15, 0.2) is 42.5 Å². The van der Waals surface area contributed by atoms with Gasteiger partial charge in [0.1, 0.15) is 11.5 Å². The average molecular weight is 372 g/mol. The van der Waals surface area contributed by atoms with Crippen LogP contribution >= 0.6 is 11.6 Å². The van der Waals surface area contributed by atoms with Crippen LogP contribution in [0.25, 0.3) is 0 Å². The molecule has 0 fully saturated rings. The molecule has 2 aromatic rings. The molecule has 0 radical (unpaired) electrons. The van der Waals surface area contributed by atoms with Gasteiger partial charge in [-0.1, -0.05) is 11.6 Å². The number of carbonyl (C=O) groups is 1. The summed E-state index contributed by atoms with van der Waals surface area (Å²) in [6.07, 6.45) is -4.69. The quantitative estimate of drug-likeness (QED) is 0.875. The Morgan fingerprint density at radius 1 is 1.24 bits per heavy atom. The zero-order valence-electron chi connectivity index (χ0n) is 12.8. The van der Waals surface area contributed by atoms with Gasteiger partial charge < -0.3 is 14.8 Å². The first-order valence-corrected chi connectivity index (χ1v) is 7.73. The summed E-state index contributed by atoms with van der Waals surface area (Å²) in [4.78, 5) is 12.3. The molecular weight excluding hydrogens is 359 g/mol. The fourth-order valence-corrected chi connectivity index (χ4v) is 2.58. The molecule has 1 N–H and O–H groups in total. The predicted molar refractivity (Wildman–Crippen MR) is 86.2 cm³/mol. The molecule has 0 spiro atoms. The zero-order chi connectivity index (χ0) is 18.0. The van der Waals surface area contributed by atoms with Crippen LogP contribution in [-0.2, 0) is 11.2 Å². The summed E-state index contributed by atoms with van der Waals surface area (Å²) in [7, 11) is 0. The van der Waals surface area contributed by atoms with Crippen molar-refractivity contribution in [3.63, 3.8) is 0 Å². The highest BCUT2D eigenvalue weighted by molar-refractivity contribution is 6.30. The van der Waals surface area contributed by atoms with Crippen LogP contribution < -0.4 is 14.8 Å². The van der Waals surface area contributed by atoms with Gasteiger partial charge in [-0.15, -0.1) is 0 Å². The lowest BCUT2D eigenvalue weighted by Gasteiger charge is -2.12. The van der Waals surface area contributed by atoms with E-state index in [1.54, 1.807) is 18.2 Å². The van der Waals surface area contributed by atoms with Gasteiger partial charge in [-0.05, 0) is 48.0 Å². The highest BCUT2D eigenvalue weighted by Crippen LogP contribution is 2.31. The minimum Gasteiger partial charge on any atom is -0.484 e. The topological polar surface area (TPSA) is 47.6 Å². The van der Waals surface area contributed by atoms with Crippen molar-refractivity contribution in [3.05, 3.63) is 53.1 Å². The average Bonchev–Trinajstić information content (AvgIpc) is 2.96. The van der Waals surface area contributed by atoms with Crippen molar-refractivity contribution in [3.8, 4) is 11.5 Å². The molecule has 0 saturated carbocycles. The van der Waals surface area contributed by atoms with Gasteiger partial charge in [0.15, 0.2) is 12.7 Å². The van der Waals surface area contributed by atoms with Crippen molar-refractivity contribution in [2.24, 2.45) is 0 Å². The van der Waals surface area contributed by atoms with E-state index in [1.807, 2.05) is 0 Å². The molecule has 1 aliphatic rings. The maximum absolute atomic E-state index is 12.3. The van der Waals surface area contributed by atoms with Gasteiger partial charge in [0.2, 0.25) is 0 Å². The van der Waals surface area contributed by atoms with Gasteiger partial charge in [0, 0.05) is 17.1 Å². The first kappa shape index (κ1) is 17.4. The normalized spacial score (nSPS) is 16.1. The second-order valence-electron chi connectivity index (χ2n) is 5.48. The molecule has 1 aliphatic heterocycles. The number of amides is 1. The molecule has 8 heteroatoms. The van der Waals surface area contributed by atoms with Gasteiger partial charge in [-0.25, -0.2) is 0 Å². The van der Waals surface area contributed by atoms with Crippen molar-refractivity contribution in [1.82, 2.24) is 0 Å². The van der Waals surface area contributed by atoms with Gasteiger partial charge in [0.25, 0.3) is 5.91 Å². The summed E-state index contributed by atoms with van der Waals surface area (Å²) in [5, 5.41) is 3.23. The van der Waals surface area contributed by atoms with E-state index in [2.05, 4.69) is 10.1 Å². The van der Waals surface area contributed by atoms with Crippen LogP contribution in [0.5, 0.6) is 11.5 Å². The fourth-order valence-electron chi connectivity index (χ4n) is 2.39. The third-order valence-electron chi connectivity index (χ3n) is 3.51. The molecule has 3 rings (SSSR count). The van der Waals surface area contributed by atoms with E-state index in [1.165, 1.54) is 24.3 Å². The highest BCUT2D eigenvalue weighted by Gasteiger charge is 2.30. The Labute approximate surface area is 146 Å². The summed E-state index contributed by atoms with van der Waals surface area (Å²) in [6, 6.07) is 10.8. The van der Waals surface area contributed by atoms with Crippen molar-refractivity contribution in [2.75, 3.05) is 11.9 Å². The largest absolute Gasteiger partial charge is 0.484 e. The maximum Gasteiger partial charge on any atom is 0.422 e. The molecule has 1 heterocycles. The van der Waals surface area contributed by atoms with E-state index < -0.39 is 18.9 Å². The summed E-state index contributed by atoms with van der Waals surface area (Å²) in [5.41, 5.74) is 1.28. The number of halogens is 4. The number of hydrogen-bond donors (Lipinski definition) is 1. The molecule has 0 bridgehead atoms. The lowest BCUT2D eigenvalue weighted by Crippen LogP contribution is -2.31. The highest BCUT2D eigenvalue weighted by atomic mass is 35.5. The number of benzene rings is 2. The molecule has 2 aromatic carbocycles. The number of anilines is 1. The van der Waals surface area contributed by atoms with Crippen LogP contribution in [0, 0.1) is 0 Å². The summed E-state index contributed by atoms with van der Waals surface area (Å²) in [5.74, 6) is 0.325. The van der Waals surface area contributed by atoms with E-state index in [-0.39, 0.29) is 11.7 Å². The number of alkyl halides is 3. The molecule has 0 aromatic heterocycles. The first-order chi connectivity index (χ1) is 11.8. The third-order valence-corrected chi connectivity index (χ3v) is 3.75. The Morgan fingerprint density at radius 3 is 2.64 bits per heavy atom. The van der Waals surface area contributed by atoms with Crippen molar-refractivity contribution in [1.29, 1.82) is 0 Å². The lowest BCUT2D eigenvalue weighted by atomic mass is 10.1. The van der Waals surface area contributed by atoms with Crippen molar-refractivity contribution >= 4 is 23.2 Å². The van der Waals surface area contributed by atoms with Gasteiger partial charge in [-0.3, -0.25) is 4.79 Å². The number of ether oxygens (including phenoxy) is 2. The van der Waals surface area contributed by atoms with Crippen molar-refractivity contribution in [2.45, 2.75) is 18.7 Å². The second-order valence-corrected chi connectivity index (χ2v) is 5.92. The maximum atomic E-state index is 12.3.